The molecule has 2 rings (SSSR count). The van der Waals surface area contributed by atoms with Gasteiger partial charge in [0.15, 0.2) is 0 Å². The van der Waals surface area contributed by atoms with E-state index in [1.807, 2.05) is 31.2 Å². The second-order valence-electron chi connectivity index (χ2n) is 5.03. The molecule has 0 N–H and O–H groups in total. The van der Waals surface area contributed by atoms with Gasteiger partial charge in [0.05, 0.1) is 18.7 Å². The van der Waals surface area contributed by atoms with Crippen LogP contribution in [0.3, 0.4) is 0 Å². The molecule has 0 aromatic heterocycles. The van der Waals surface area contributed by atoms with Crippen LogP contribution in [0.2, 0.25) is 0 Å². The van der Waals surface area contributed by atoms with Crippen LogP contribution < -0.4 is 9.47 Å². The highest BCUT2D eigenvalue weighted by atomic mass is 79.9. The van der Waals surface area contributed by atoms with E-state index in [9.17, 15) is 4.79 Å². The van der Waals surface area contributed by atoms with Crippen LogP contribution in [0.4, 0.5) is 0 Å². The molecular weight excluding hydrogens is 348 g/mol. The Labute approximate surface area is 138 Å². The summed E-state index contributed by atoms with van der Waals surface area (Å²) in [7, 11) is 3.28. The van der Waals surface area contributed by atoms with Crippen molar-refractivity contribution in [2.24, 2.45) is 0 Å². The van der Waals surface area contributed by atoms with Gasteiger partial charge in [-0.1, -0.05) is 24.3 Å². The summed E-state index contributed by atoms with van der Waals surface area (Å²) in [5.41, 5.74) is 0.923. The van der Waals surface area contributed by atoms with Crippen molar-refractivity contribution in [3.05, 3.63) is 34.3 Å². The molecule has 2 aromatic carbocycles. The van der Waals surface area contributed by atoms with Crippen LogP contribution in [0.25, 0.3) is 10.8 Å². The molecular formula is C17H19BrO4. The van der Waals surface area contributed by atoms with E-state index >= 15 is 0 Å². The molecule has 0 aliphatic carbocycles. The van der Waals surface area contributed by atoms with Crippen LogP contribution in [-0.2, 0) is 16.0 Å². The molecule has 118 valence electrons. The lowest BCUT2D eigenvalue weighted by Gasteiger charge is -2.20. The first-order chi connectivity index (χ1) is 10.5. The van der Waals surface area contributed by atoms with E-state index in [1.54, 1.807) is 14.2 Å². The zero-order valence-corrected chi connectivity index (χ0v) is 14.7. The second-order valence-corrected chi connectivity index (χ2v) is 5.82. The molecule has 0 radical (unpaired) electrons. The average molecular weight is 367 g/mol. The highest BCUT2D eigenvalue weighted by molar-refractivity contribution is 9.10. The van der Waals surface area contributed by atoms with Gasteiger partial charge in [0.2, 0.25) is 0 Å². The SMILES string of the molecule is COc1c(Br)c(C[C@@H](C)OC(C)=O)c(OC)c2ccccc12. The molecule has 0 bridgehead atoms. The number of hydrogen-bond acceptors (Lipinski definition) is 4. The zero-order chi connectivity index (χ0) is 16.3. The van der Waals surface area contributed by atoms with Crippen molar-refractivity contribution in [3.63, 3.8) is 0 Å². The summed E-state index contributed by atoms with van der Waals surface area (Å²) in [5.74, 6) is 1.22. The molecule has 5 heteroatoms. The molecule has 2 aromatic rings. The summed E-state index contributed by atoms with van der Waals surface area (Å²) in [6, 6.07) is 7.89. The van der Waals surface area contributed by atoms with Crippen molar-refractivity contribution >= 4 is 32.7 Å². The zero-order valence-electron chi connectivity index (χ0n) is 13.1. The summed E-state index contributed by atoms with van der Waals surface area (Å²) in [6.45, 7) is 3.26. The molecule has 4 nitrogen and oxygen atoms in total. The Morgan fingerprint density at radius 1 is 1.14 bits per heavy atom. The summed E-state index contributed by atoms with van der Waals surface area (Å²) in [6.07, 6.45) is 0.276. The fourth-order valence-electron chi connectivity index (χ4n) is 2.62. The number of esters is 1. The van der Waals surface area contributed by atoms with Crippen molar-refractivity contribution in [1.82, 2.24) is 0 Å². The number of fused-ring (bicyclic) bond motifs is 1. The number of rotatable bonds is 5. The van der Waals surface area contributed by atoms with Gasteiger partial charge in [-0.15, -0.1) is 0 Å². The summed E-state index contributed by atoms with van der Waals surface area (Å²) in [4.78, 5) is 11.1. The van der Waals surface area contributed by atoms with Crippen LogP contribution in [0, 0.1) is 0 Å². The Hall–Kier alpha value is -1.75. The molecule has 22 heavy (non-hydrogen) atoms. The Morgan fingerprint density at radius 3 is 2.18 bits per heavy atom. The number of ether oxygens (including phenoxy) is 3. The Bertz CT molecular complexity index is 697. The van der Waals surface area contributed by atoms with E-state index in [4.69, 9.17) is 14.2 Å². The highest BCUT2D eigenvalue weighted by Crippen LogP contribution is 2.44. The maximum atomic E-state index is 11.1. The Balaban J connectivity index is 2.61. The summed E-state index contributed by atoms with van der Waals surface area (Å²) < 4.78 is 17.2. The number of hydrogen-bond donors (Lipinski definition) is 0. The van der Waals surface area contributed by atoms with E-state index in [1.165, 1.54) is 6.92 Å². The molecule has 0 amide bonds. The van der Waals surface area contributed by atoms with Gasteiger partial charge in [-0.3, -0.25) is 4.79 Å². The van der Waals surface area contributed by atoms with E-state index in [0.717, 1.165) is 32.3 Å². The second kappa shape index (κ2) is 7.01. The van der Waals surface area contributed by atoms with Crippen LogP contribution >= 0.6 is 15.9 Å². The number of halogens is 1. The maximum Gasteiger partial charge on any atom is 0.302 e. The van der Waals surface area contributed by atoms with Gasteiger partial charge in [-0.05, 0) is 22.9 Å². The van der Waals surface area contributed by atoms with Crippen molar-refractivity contribution in [3.8, 4) is 11.5 Å². The van der Waals surface area contributed by atoms with Crippen LogP contribution in [0.1, 0.15) is 19.4 Å². The third kappa shape index (κ3) is 3.19. The quantitative estimate of drug-likeness (QED) is 0.746. The van der Waals surface area contributed by atoms with Crippen LogP contribution in [0.15, 0.2) is 28.7 Å². The maximum absolute atomic E-state index is 11.1. The van der Waals surface area contributed by atoms with E-state index in [-0.39, 0.29) is 12.1 Å². The topological polar surface area (TPSA) is 44.8 Å². The molecule has 0 saturated carbocycles. The van der Waals surface area contributed by atoms with Gasteiger partial charge in [-0.2, -0.15) is 0 Å². The van der Waals surface area contributed by atoms with Gasteiger partial charge < -0.3 is 14.2 Å². The van der Waals surface area contributed by atoms with Gasteiger partial charge in [0.1, 0.15) is 17.6 Å². The highest BCUT2D eigenvalue weighted by Gasteiger charge is 2.21. The number of benzene rings is 2. The van der Waals surface area contributed by atoms with Crippen molar-refractivity contribution < 1.29 is 19.0 Å². The normalized spacial score (nSPS) is 12.0. The predicted octanol–water partition coefficient (Wildman–Crippen LogP) is 4.11. The number of methoxy groups -OCH3 is 2. The standard InChI is InChI=1S/C17H19BrO4/c1-10(22-11(2)19)9-14-15(18)17(21-4)13-8-6-5-7-12(13)16(14)20-3/h5-8,10H,9H2,1-4H3/t10-/m1/s1. The molecule has 0 spiro atoms. The van der Waals surface area contributed by atoms with E-state index in [2.05, 4.69) is 15.9 Å². The Morgan fingerprint density at radius 2 is 1.68 bits per heavy atom. The molecule has 0 fully saturated rings. The first-order valence-corrected chi connectivity index (χ1v) is 7.77. The lowest BCUT2D eigenvalue weighted by molar-refractivity contribution is -0.145. The fourth-order valence-corrected chi connectivity index (χ4v) is 3.34. The van der Waals surface area contributed by atoms with Gasteiger partial charge in [0.25, 0.3) is 0 Å². The van der Waals surface area contributed by atoms with Gasteiger partial charge >= 0.3 is 5.97 Å². The monoisotopic (exact) mass is 366 g/mol. The van der Waals surface area contributed by atoms with Gasteiger partial charge in [-0.25, -0.2) is 0 Å². The summed E-state index contributed by atoms with van der Waals surface area (Å²) >= 11 is 3.60. The number of carbonyl (C=O) groups excluding carboxylic acids is 1. The molecule has 0 heterocycles. The molecule has 1 atom stereocenters. The van der Waals surface area contributed by atoms with Crippen molar-refractivity contribution in [2.75, 3.05) is 14.2 Å². The van der Waals surface area contributed by atoms with Crippen LogP contribution in [-0.4, -0.2) is 26.3 Å². The third-order valence-electron chi connectivity index (χ3n) is 3.42. The van der Waals surface area contributed by atoms with Crippen molar-refractivity contribution in [1.29, 1.82) is 0 Å². The predicted molar refractivity (Wildman–Crippen MR) is 89.7 cm³/mol. The molecule has 0 unspecified atom stereocenters. The lowest BCUT2D eigenvalue weighted by atomic mass is 10.00. The molecule has 0 aliphatic heterocycles. The minimum Gasteiger partial charge on any atom is -0.496 e. The Kier molecular flexibility index (Phi) is 5.29. The largest absolute Gasteiger partial charge is 0.496 e. The lowest BCUT2D eigenvalue weighted by Crippen LogP contribution is -2.16. The fraction of sp³-hybridized carbons (Fsp3) is 0.353. The van der Waals surface area contributed by atoms with Crippen molar-refractivity contribution in [2.45, 2.75) is 26.4 Å². The minimum atomic E-state index is -0.296. The molecule has 0 aliphatic rings. The first-order valence-electron chi connectivity index (χ1n) is 6.97. The van der Waals surface area contributed by atoms with E-state index < -0.39 is 0 Å². The van der Waals surface area contributed by atoms with Crippen LogP contribution in [0.5, 0.6) is 11.5 Å². The third-order valence-corrected chi connectivity index (χ3v) is 4.26. The smallest absolute Gasteiger partial charge is 0.302 e. The molecule has 0 saturated heterocycles. The average Bonchev–Trinajstić information content (AvgIpc) is 2.47. The van der Waals surface area contributed by atoms with E-state index in [0.29, 0.717) is 6.42 Å². The first kappa shape index (κ1) is 16.6. The summed E-state index contributed by atoms with van der Waals surface area (Å²) in [5, 5.41) is 1.94. The number of carbonyl (C=O) groups is 1. The van der Waals surface area contributed by atoms with Gasteiger partial charge in [0, 0.05) is 29.7 Å². The minimum absolute atomic E-state index is 0.256.